The van der Waals surface area contributed by atoms with Gasteiger partial charge >= 0.3 is 0 Å². The Kier molecular flexibility index (Phi) is 3.86. The lowest BCUT2D eigenvalue weighted by atomic mass is 10.0. The van der Waals surface area contributed by atoms with Gasteiger partial charge in [-0.3, -0.25) is 9.55 Å². The van der Waals surface area contributed by atoms with Gasteiger partial charge in [0.15, 0.2) is 0 Å². The van der Waals surface area contributed by atoms with Gasteiger partial charge < -0.3 is 4.74 Å². The van der Waals surface area contributed by atoms with E-state index in [1.54, 1.807) is 31.8 Å². The zero-order valence-corrected chi connectivity index (χ0v) is 13.4. The summed E-state index contributed by atoms with van der Waals surface area (Å²) in [6.45, 7) is 0.386. The molecule has 0 saturated carbocycles. The minimum absolute atomic E-state index is 0.386. The fourth-order valence-corrected chi connectivity index (χ4v) is 3.30. The van der Waals surface area contributed by atoms with Crippen molar-refractivity contribution in [3.63, 3.8) is 0 Å². The number of fused-ring (bicyclic) bond motifs is 1. The number of aromatic nitrogens is 3. The van der Waals surface area contributed by atoms with Crippen molar-refractivity contribution in [2.75, 3.05) is 7.11 Å². The number of methoxy groups -OCH3 is 1. The molecule has 0 saturated heterocycles. The molecule has 6 heteroatoms. The molecule has 3 rings (SSSR count). The van der Waals surface area contributed by atoms with Crippen molar-refractivity contribution < 1.29 is 4.74 Å². The highest BCUT2D eigenvalue weighted by Gasteiger charge is 2.20. The Morgan fingerprint density at radius 3 is 2.90 bits per heavy atom. The Morgan fingerprint density at radius 1 is 1.38 bits per heavy atom. The van der Waals surface area contributed by atoms with Crippen LogP contribution in [0.3, 0.4) is 0 Å². The van der Waals surface area contributed by atoms with Crippen LogP contribution in [-0.2, 0) is 11.5 Å². The first kappa shape index (κ1) is 14.0. The smallest absolute Gasteiger partial charge is 0.144 e. The third-order valence-electron chi connectivity index (χ3n) is 3.21. The number of nitriles is 1. The van der Waals surface area contributed by atoms with Gasteiger partial charge in [-0.05, 0) is 34.7 Å². The first-order chi connectivity index (χ1) is 10.3. The van der Waals surface area contributed by atoms with Crippen LogP contribution in [0.2, 0.25) is 0 Å². The zero-order valence-electron chi connectivity index (χ0n) is 11.2. The minimum Gasteiger partial charge on any atom is -0.364 e. The summed E-state index contributed by atoms with van der Waals surface area (Å²) >= 11 is 2.26. The fraction of sp³-hybridized carbons (Fsp3) is 0.133. The number of ether oxygens (including phenoxy) is 1. The molecule has 5 nitrogen and oxygen atoms in total. The maximum atomic E-state index is 9.40. The van der Waals surface area contributed by atoms with Crippen LogP contribution < -0.4 is 0 Å². The topological polar surface area (TPSA) is 63.7 Å². The van der Waals surface area contributed by atoms with E-state index < -0.39 is 0 Å². The summed E-state index contributed by atoms with van der Waals surface area (Å²) in [7, 11) is 1.64. The molecular weight excluding hydrogens is 379 g/mol. The normalized spacial score (nSPS) is 10.7. The first-order valence-corrected chi connectivity index (χ1v) is 7.32. The summed E-state index contributed by atoms with van der Waals surface area (Å²) in [5.74, 6) is 0. The van der Waals surface area contributed by atoms with Gasteiger partial charge in [0.05, 0.1) is 15.3 Å². The predicted octanol–water partition coefficient (Wildman–Crippen LogP) is 3.18. The van der Waals surface area contributed by atoms with Gasteiger partial charge in [0.2, 0.25) is 0 Å². The van der Waals surface area contributed by atoms with Gasteiger partial charge in [0.25, 0.3) is 0 Å². The summed E-state index contributed by atoms with van der Waals surface area (Å²) in [5.41, 5.74) is 3.29. The molecule has 0 N–H and O–H groups in total. The highest BCUT2D eigenvalue weighted by atomic mass is 127. The molecule has 21 heavy (non-hydrogen) atoms. The average molecular weight is 390 g/mol. The summed E-state index contributed by atoms with van der Waals surface area (Å²) < 4.78 is 8.20. The highest BCUT2D eigenvalue weighted by molar-refractivity contribution is 14.1. The fourth-order valence-electron chi connectivity index (χ4n) is 2.35. The summed E-state index contributed by atoms with van der Waals surface area (Å²) in [4.78, 5) is 8.59. The Hall–Kier alpha value is -1.98. The van der Waals surface area contributed by atoms with Crippen LogP contribution in [0.25, 0.3) is 22.2 Å². The van der Waals surface area contributed by atoms with E-state index in [0.29, 0.717) is 12.3 Å². The third-order valence-corrected chi connectivity index (χ3v) is 4.33. The van der Waals surface area contributed by atoms with Crippen molar-refractivity contribution in [1.82, 2.24) is 14.5 Å². The maximum Gasteiger partial charge on any atom is 0.144 e. The van der Waals surface area contributed by atoms with Crippen molar-refractivity contribution in [2.45, 2.75) is 6.73 Å². The van der Waals surface area contributed by atoms with Crippen LogP contribution in [0, 0.1) is 15.0 Å². The molecule has 0 atom stereocenters. The second-order valence-corrected chi connectivity index (χ2v) is 5.44. The Labute approximate surface area is 135 Å². The molecule has 104 valence electrons. The van der Waals surface area contributed by atoms with E-state index in [1.165, 1.54) is 0 Å². The van der Waals surface area contributed by atoms with Crippen molar-refractivity contribution in [2.24, 2.45) is 0 Å². The molecule has 0 radical (unpaired) electrons. The summed E-state index contributed by atoms with van der Waals surface area (Å²) in [6, 6.07) is 7.84. The maximum absolute atomic E-state index is 9.40. The predicted molar refractivity (Wildman–Crippen MR) is 87.4 cm³/mol. The lowest BCUT2D eigenvalue weighted by molar-refractivity contribution is 0.132. The monoisotopic (exact) mass is 390 g/mol. The van der Waals surface area contributed by atoms with Gasteiger partial charge in [-0.25, -0.2) is 4.98 Å². The SMILES string of the molecule is COCn1c(I)c(-c2cccnc2)c2c(C#N)ccnc21. The van der Waals surface area contributed by atoms with Gasteiger partial charge in [0, 0.05) is 42.2 Å². The van der Waals surface area contributed by atoms with Crippen molar-refractivity contribution in [1.29, 1.82) is 5.26 Å². The number of hydrogen-bond donors (Lipinski definition) is 0. The Balaban J connectivity index is 2.43. The number of halogens is 1. The van der Waals surface area contributed by atoms with E-state index in [9.17, 15) is 5.26 Å². The van der Waals surface area contributed by atoms with Crippen LogP contribution in [0.1, 0.15) is 5.56 Å². The zero-order chi connectivity index (χ0) is 14.8. The molecule has 0 aliphatic carbocycles. The Morgan fingerprint density at radius 2 is 2.24 bits per heavy atom. The second kappa shape index (κ2) is 5.79. The van der Waals surface area contributed by atoms with E-state index >= 15 is 0 Å². The van der Waals surface area contributed by atoms with Crippen LogP contribution in [0.5, 0.6) is 0 Å². The van der Waals surface area contributed by atoms with E-state index in [0.717, 1.165) is 25.9 Å². The van der Waals surface area contributed by atoms with Gasteiger partial charge in [-0.15, -0.1) is 0 Å². The number of nitrogens with zero attached hydrogens (tertiary/aromatic N) is 4. The number of hydrogen-bond acceptors (Lipinski definition) is 4. The number of pyridine rings is 2. The molecule has 0 aromatic carbocycles. The van der Waals surface area contributed by atoms with Crippen molar-refractivity contribution in [3.8, 4) is 17.2 Å². The van der Waals surface area contributed by atoms with Gasteiger partial charge in [-0.1, -0.05) is 6.07 Å². The third kappa shape index (κ3) is 2.28. The number of rotatable bonds is 3. The highest BCUT2D eigenvalue weighted by Crippen LogP contribution is 2.36. The van der Waals surface area contributed by atoms with Crippen LogP contribution in [0.4, 0.5) is 0 Å². The Bertz CT molecular complexity index is 836. The summed E-state index contributed by atoms with van der Waals surface area (Å²) in [5, 5.41) is 10.2. The van der Waals surface area contributed by atoms with E-state index in [2.05, 4.69) is 38.6 Å². The molecular formula is C15H11IN4O. The molecule has 0 unspecified atom stereocenters. The lowest BCUT2D eigenvalue weighted by Crippen LogP contribution is -2.02. The second-order valence-electron chi connectivity index (χ2n) is 4.42. The van der Waals surface area contributed by atoms with Crippen LogP contribution in [-0.4, -0.2) is 21.6 Å². The van der Waals surface area contributed by atoms with Gasteiger partial charge in [0.1, 0.15) is 12.4 Å². The van der Waals surface area contributed by atoms with Crippen LogP contribution in [0.15, 0.2) is 36.8 Å². The standard InChI is InChI=1S/C15H11IN4O/c1-21-9-20-14(16)12(11-3-2-5-18-8-11)13-10(7-17)4-6-19-15(13)20/h2-6,8H,9H2,1H3. The first-order valence-electron chi connectivity index (χ1n) is 6.24. The largest absolute Gasteiger partial charge is 0.364 e. The molecule has 0 amide bonds. The molecule has 0 aliphatic heterocycles. The molecule has 3 heterocycles. The van der Waals surface area contributed by atoms with Crippen molar-refractivity contribution >= 4 is 33.6 Å². The van der Waals surface area contributed by atoms with Crippen LogP contribution >= 0.6 is 22.6 Å². The molecule has 3 aromatic heterocycles. The summed E-state index contributed by atoms with van der Waals surface area (Å²) in [6.07, 6.45) is 5.17. The quantitative estimate of drug-likeness (QED) is 0.645. The molecule has 0 fully saturated rings. The van der Waals surface area contributed by atoms with E-state index in [-0.39, 0.29) is 0 Å². The molecule has 0 aliphatic rings. The average Bonchev–Trinajstić information content (AvgIpc) is 2.81. The molecule has 0 spiro atoms. The minimum atomic E-state index is 0.386. The van der Waals surface area contributed by atoms with Gasteiger partial charge in [-0.2, -0.15) is 5.26 Å². The lowest BCUT2D eigenvalue weighted by Gasteiger charge is -2.04. The van der Waals surface area contributed by atoms with Crippen molar-refractivity contribution in [3.05, 3.63) is 46.1 Å². The van der Waals surface area contributed by atoms with E-state index in [4.69, 9.17) is 4.74 Å². The molecule has 0 bridgehead atoms. The molecule has 3 aromatic rings. The van der Waals surface area contributed by atoms with E-state index in [1.807, 2.05) is 16.7 Å².